The minimum atomic E-state index is -0.384. The Morgan fingerprint density at radius 2 is 2.07 bits per heavy atom. The fourth-order valence-corrected chi connectivity index (χ4v) is 2.15. The van der Waals surface area contributed by atoms with Gasteiger partial charge in [-0.05, 0) is 40.0 Å². The Bertz CT molecular complexity index is 209. The number of halogens is 1. The summed E-state index contributed by atoms with van der Waals surface area (Å²) in [6.45, 7) is 5.70. The highest BCUT2D eigenvalue weighted by molar-refractivity contribution is 14.1. The summed E-state index contributed by atoms with van der Waals surface area (Å²) in [4.78, 5) is 13.6. The van der Waals surface area contributed by atoms with E-state index in [0.29, 0.717) is 6.04 Å². The van der Waals surface area contributed by atoms with Crippen LogP contribution in [0.25, 0.3) is 0 Å². The minimum absolute atomic E-state index is 0.170. The lowest BCUT2D eigenvalue weighted by Gasteiger charge is -2.37. The largest absolute Gasteiger partial charge is 0.444 e. The molecule has 0 unspecified atom stereocenters. The van der Waals surface area contributed by atoms with E-state index in [2.05, 4.69) is 22.6 Å². The zero-order valence-corrected chi connectivity index (χ0v) is 11.2. The molecule has 0 bridgehead atoms. The van der Waals surface area contributed by atoms with Crippen molar-refractivity contribution in [2.75, 3.05) is 4.55 Å². The second kappa shape index (κ2) is 4.68. The molecule has 1 aliphatic rings. The Hall–Kier alpha value is 0. The fourth-order valence-electron chi connectivity index (χ4n) is 1.31. The molecule has 0 atom stereocenters. The summed E-state index contributed by atoms with van der Waals surface area (Å²) in [5.41, 5.74) is -0.384. The van der Waals surface area contributed by atoms with E-state index >= 15 is 0 Å². The summed E-state index contributed by atoms with van der Waals surface area (Å²) in [7, 11) is 0. The maximum Gasteiger partial charge on any atom is 0.411 e. The van der Waals surface area contributed by atoms with Gasteiger partial charge in [0.05, 0.1) is 4.55 Å². The van der Waals surface area contributed by atoms with E-state index in [-0.39, 0.29) is 11.7 Å². The normalized spacial score (nSPS) is 17.4. The fraction of sp³-hybridized carbons (Fsp3) is 0.900. The van der Waals surface area contributed by atoms with Gasteiger partial charge in [0.1, 0.15) is 5.60 Å². The molecule has 0 aromatic rings. The lowest BCUT2D eigenvalue weighted by atomic mass is 9.92. The molecule has 0 radical (unpaired) electrons. The van der Waals surface area contributed by atoms with Crippen molar-refractivity contribution < 1.29 is 9.53 Å². The standard InChI is InChI=1S/C10H18INO2/c1-10(2,3)14-9(13)12(7-11)8-5-4-6-8/h8H,4-7H2,1-3H3. The first-order chi connectivity index (χ1) is 6.44. The molecule has 0 saturated heterocycles. The topological polar surface area (TPSA) is 29.5 Å². The van der Waals surface area contributed by atoms with Gasteiger partial charge in [-0.15, -0.1) is 0 Å². The van der Waals surface area contributed by atoms with Crippen molar-refractivity contribution in [3.05, 3.63) is 0 Å². The Balaban J connectivity index is 2.47. The number of amides is 1. The van der Waals surface area contributed by atoms with E-state index in [1.165, 1.54) is 6.42 Å². The zero-order valence-electron chi connectivity index (χ0n) is 9.05. The molecule has 1 aliphatic carbocycles. The van der Waals surface area contributed by atoms with Crippen molar-refractivity contribution in [1.29, 1.82) is 0 Å². The third kappa shape index (κ3) is 3.29. The van der Waals surface area contributed by atoms with E-state index < -0.39 is 0 Å². The van der Waals surface area contributed by atoms with Gasteiger partial charge < -0.3 is 4.74 Å². The summed E-state index contributed by atoms with van der Waals surface area (Å²) in [6, 6.07) is 0.418. The van der Waals surface area contributed by atoms with Crippen molar-refractivity contribution in [2.24, 2.45) is 0 Å². The molecule has 0 aromatic carbocycles. The van der Waals surface area contributed by atoms with Crippen LogP contribution in [0, 0.1) is 0 Å². The van der Waals surface area contributed by atoms with E-state index in [0.717, 1.165) is 17.4 Å². The molecular formula is C10H18INO2. The third-order valence-electron chi connectivity index (χ3n) is 2.27. The maximum absolute atomic E-state index is 11.7. The van der Waals surface area contributed by atoms with E-state index in [4.69, 9.17) is 4.74 Å². The molecule has 1 amide bonds. The van der Waals surface area contributed by atoms with Crippen LogP contribution in [0.15, 0.2) is 0 Å². The van der Waals surface area contributed by atoms with Crippen LogP contribution in [0.4, 0.5) is 4.79 Å². The number of hydrogen-bond donors (Lipinski definition) is 0. The molecular weight excluding hydrogens is 293 g/mol. The zero-order chi connectivity index (χ0) is 10.8. The van der Waals surface area contributed by atoms with Gasteiger partial charge in [0, 0.05) is 6.04 Å². The predicted octanol–water partition coefficient (Wildman–Crippen LogP) is 3.17. The van der Waals surface area contributed by atoms with Crippen LogP contribution in [-0.2, 0) is 4.74 Å². The molecule has 82 valence electrons. The van der Waals surface area contributed by atoms with E-state index in [1.807, 2.05) is 25.7 Å². The van der Waals surface area contributed by atoms with Crippen LogP contribution in [0.2, 0.25) is 0 Å². The van der Waals surface area contributed by atoms with Crippen molar-refractivity contribution in [1.82, 2.24) is 4.90 Å². The molecule has 4 heteroatoms. The Labute approximate surface area is 99.3 Å². The van der Waals surface area contributed by atoms with Crippen LogP contribution < -0.4 is 0 Å². The molecule has 3 nitrogen and oxygen atoms in total. The highest BCUT2D eigenvalue weighted by Crippen LogP contribution is 2.26. The van der Waals surface area contributed by atoms with Gasteiger partial charge in [-0.3, -0.25) is 4.90 Å². The smallest absolute Gasteiger partial charge is 0.411 e. The van der Waals surface area contributed by atoms with Crippen molar-refractivity contribution in [3.8, 4) is 0 Å². The van der Waals surface area contributed by atoms with E-state index in [9.17, 15) is 4.79 Å². The van der Waals surface area contributed by atoms with E-state index in [1.54, 1.807) is 0 Å². The number of ether oxygens (including phenoxy) is 1. The van der Waals surface area contributed by atoms with Crippen LogP contribution >= 0.6 is 22.6 Å². The number of carbonyl (C=O) groups is 1. The van der Waals surface area contributed by atoms with Gasteiger partial charge in [0.25, 0.3) is 0 Å². The first kappa shape index (κ1) is 12.1. The SMILES string of the molecule is CC(C)(C)OC(=O)N(CI)C1CCC1. The Morgan fingerprint density at radius 3 is 2.36 bits per heavy atom. The summed E-state index contributed by atoms with van der Waals surface area (Å²) in [5.74, 6) is 0. The molecule has 1 rings (SSSR count). The molecule has 0 aromatic heterocycles. The van der Waals surface area contributed by atoms with Crippen LogP contribution in [0.5, 0.6) is 0 Å². The molecule has 1 saturated carbocycles. The maximum atomic E-state index is 11.7. The molecule has 14 heavy (non-hydrogen) atoms. The average molecular weight is 311 g/mol. The Morgan fingerprint density at radius 1 is 1.50 bits per heavy atom. The number of hydrogen-bond acceptors (Lipinski definition) is 2. The lowest BCUT2D eigenvalue weighted by molar-refractivity contribution is 0.0136. The van der Waals surface area contributed by atoms with Gasteiger partial charge >= 0.3 is 6.09 Å². The quantitative estimate of drug-likeness (QED) is 0.445. The molecule has 0 spiro atoms. The highest BCUT2D eigenvalue weighted by atomic mass is 127. The number of nitrogens with zero attached hydrogens (tertiary/aromatic N) is 1. The van der Waals surface area contributed by atoms with Crippen molar-refractivity contribution in [2.45, 2.75) is 51.7 Å². The van der Waals surface area contributed by atoms with Gasteiger partial charge in [-0.1, -0.05) is 22.6 Å². The van der Waals surface area contributed by atoms with Crippen LogP contribution in [0.1, 0.15) is 40.0 Å². The summed E-state index contributed by atoms with van der Waals surface area (Å²) in [5, 5.41) is 0. The number of rotatable bonds is 2. The predicted molar refractivity (Wildman–Crippen MR) is 64.6 cm³/mol. The number of alkyl halides is 1. The molecule has 0 N–H and O–H groups in total. The summed E-state index contributed by atoms with van der Waals surface area (Å²) < 4.78 is 6.05. The minimum Gasteiger partial charge on any atom is -0.444 e. The summed E-state index contributed by atoms with van der Waals surface area (Å²) >= 11 is 2.21. The molecule has 1 fully saturated rings. The van der Waals surface area contributed by atoms with Crippen LogP contribution in [0.3, 0.4) is 0 Å². The Kier molecular flexibility index (Phi) is 4.04. The van der Waals surface area contributed by atoms with Gasteiger partial charge in [-0.2, -0.15) is 0 Å². The number of carbonyl (C=O) groups excluding carboxylic acids is 1. The lowest BCUT2D eigenvalue weighted by Crippen LogP contribution is -2.45. The second-order valence-corrected chi connectivity index (χ2v) is 5.34. The van der Waals surface area contributed by atoms with Gasteiger partial charge in [0.2, 0.25) is 0 Å². The average Bonchev–Trinajstić information content (AvgIpc) is 1.92. The van der Waals surface area contributed by atoms with Crippen LogP contribution in [-0.4, -0.2) is 27.2 Å². The monoisotopic (exact) mass is 311 g/mol. The van der Waals surface area contributed by atoms with Crippen molar-refractivity contribution in [3.63, 3.8) is 0 Å². The third-order valence-corrected chi connectivity index (χ3v) is 3.01. The molecule has 0 heterocycles. The van der Waals surface area contributed by atoms with Crippen molar-refractivity contribution >= 4 is 28.7 Å². The highest BCUT2D eigenvalue weighted by Gasteiger charge is 2.30. The van der Waals surface area contributed by atoms with Gasteiger partial charge in [-0.25, -0.2) is 4.79 Å². The second-order valence-electron chi connectivity index (χ2n) is 4.65. The van der Waals surface area contributed by atoms with Gasteiger partial charge in [0.15, 0.2) is 0 Å². The first-order valence-corrected chi connectivity index (χ1v) is 6.52. The first-order valence-electron chi connectivity index (χ1n) is 4.99. The summed E-state index contributed by atoms with van der Waals surface area (Å²) in [6.07, 6.45) is 3.32. The molecule has 0 aliphatic heterocycles.